The molecule has 9 heteroatoms. The number of hydrogen-bond acceptors (Lipinski definition) is 9. The van der Waals surface area contributed by atoms with Gasteiger partial charge in [0.05, 0.1) is 60.2 Å². The molecule has 2 N–H and O–H groups in total. The van der Waals surface area contributed by atoms with Gasteiger partial charge in [0.15, 0.2) is 0 Å². The Balaban J connectivity index is 2.51. The summed E-state index contributed by atoms with van der Waals surface area (Å²) in [5.74, 6) is -2.97. The quantitative estimate of drug-likeness (QED) is 0.688. The van der Waals surface area contributed by atoms with E-state index in [1.165, 1.54) is 12.1 Å². The van der Waals surface area contributed by atoms with E-state index in [4.69, 9.17) is 15.2 Å². The molecule has 1 atom stereocenters. The number of hydrogen-bond donors (Lipinski definition) is 1. The fourth-order valence-corrected chi connectivity index (χ4v) is 3.97. The van der Waals surface area contributed by atoms with Gasteiger partial charge >= 0.3 is 11.9 Å². The molecular weight excluding hydrogens is 434 g/mol. The van der Waals surface area contributed by atoms with Gasteiger partial charge in [-0.15, -0.1) is 0 Å². The highest BCUT2D eigenvalue weighted by atomic mass is 16.5. The first-order chi connectivity index (χ1) is 16.3. The average molecular weight is 453 g/mol. The zero-order valence-corrected chi connectivity index (χ0v) is 18.6. The molecule has 0 aromatic heterocycles. The predicted octanol–water partition coefficient (Wildman–Crippen LogP) is 2.64. The summed E-state index contributed by atoms with van der Waals surface area (Å²) >= 11 is 0. The SMILES string of the molecule is COC(=O)C1=C(C(=O)OC)N(c2c(C)cc(C#N)cc2C#N)C(N)=C(C#N)C1c1ccccc1. The second kappa shape index (κ2) is 9.60. The number of anilines is 1. The highest BCUT2D eigenvalue weighted by Gasteiger charge is 2.43. The molecule has 0 bridgehead atoms. The number of ether oxygens (including phenoxy) is 2. The number of carbonyl (C=O) groups excluding carboxylic acids is 2. The monoisotopic (exact) mass is 453 g/mol. The van der Waals surface area contributed by atoms with Crippen molar-refractivity contribution in [3.8, 4) is 18.2 Å². The van der Waals surface area contributed by atoms with Crippen molar-refractivity contribution in [3.63, 3.8) is 0 Å². The first-order valence-corrected chi connectivity index (χ1v) is 9.94. The fraction of sp³-hybridized carbons (Fsp3) is 0.160. The lowest BCUT2D eigenvalue weighted by atomic mass is 9.80. The lowest BCUT2D eigenvalue weighted by Crippen LogP contribution is -2.41. The molecule has 1 heterocycles. The van der Waals surface area contributed by atoms with Crippen molar-refractivity contribution in [1.82, 2.24) is 0 Å². The van der Waals surface area contributed by atoms with E-state index in [2.05, 4.69) is 6.07 Å². The third-order valence-corrected chi connectivity index (χ3v) is 5.38. The van der Waals surface area contributed by atoms with Gasteiger partial charge in [0.2, 0.25) is 0 Å². The number of nitrogens with zero attached hydrogens (tertiary/aromatic N) is 4. The molecule has 9 nitrogen and oxygen atoms in total. The van der Waals surface area contributed by atoms with E-state index >= 15 is 0 Å². The largest absolute Gasteiger partial charge is 0.466 e. The van der Waals surface area contributed by atoms with Gasteiger partial charge in [0, 0.05) is 0 Å². The number of nitriles is 3. The Morgan fingerprint density at radius 1 is 0.971 bits per heavy atom. The summed E-state index contributed by atoms with van der Waals surface area (Å²) in [6.07, 6.45) is 0. The van der Waals surface area contributed by atoms with E-state index in [9.17, 15) is 25.4 Å². The Labute approximate surface area is 196 Å². The van der Waals surface area contributed by atoms with Crippen molar-refractivity contribution in [2.45, 2.75) is 12.8 Å². The standard InChI is InChI=1S/C25H19N5O4/c1-14-9-15(11-26)10-17(12-27)21(14)30-22(25(32)34-3)20(24(31)33-2)19(18(13-28)23(30)29)16-7-5-4-6-8-16/h4-10,19H,29H2,1-3H3. The lowest BCUT2D eigenvalue weighted by Gasteiger charge is -2.36. The molecule has 168 valence electrons. The van der Waals surface area contributed by atoms with Crippen LogP contribution in [-0.4, -0.2) is 26.2 Å². The van der Waals surface area contributed by atoms with Crippen molar-refractivity contribution in [1.29, 1.82) is 15.8 Å². The van der Waals surface area contributed by atoms with E-state index in [0.717, 1.165) is 19.1 Å². The second-order valence-corrected chi connectivity index (χ2v) is 7.25. The molecule has 2 aromatic carbocycles. The van der Waals surface area contributed by atoms with Crippen LogP contribution in [0.4, 0.5) is 5.69 Å². The number of rotatable bonds is 4. The summed E-state index contributed by atoms with van der Waals surface area (Å²) in [5, 5.41) is 29.2. The normalized spacial score (nSPS) is 15.2. The molecule has 0 amide bonds. The third kappa shape index (κ3) is 3.81. The van der Waals surface area contributed by atoms with Gasteiger partial charge in [-0.3, -0.25) is 4.90 Å². The van der Waals surface area contributed by atoms with Crippen LogP contribution in [0.2, 0.25) is 0 Å². The van der Waals surface area contributed by atoms with E-state index in [1.807, 2.05) is 12.1 Å². The van der Waals surface area contributed by atoms with E-state index < -0.39 is 17.9 Å². The first kappa shape index (κ1) is 23.6. The van der Waals surface area contributed by atoms with Crippen LogP contribution >= 0.6 is 0 Å². The van der Waals surface area contributed by atoms with Crippen LogP contribution in [0.1, 0.15) is 28.2 Å². The Morgan fingerprint density at radius 2 is 1.62 bits per heavy atom. The van der Waals surface area contributed by atoms with Gasteiger partial charge in [-0.1, -0.05) is 30.3 Å². The van der Waals surface area contributed by atoms with Crippen molar-refractivity contribution in [2.75, 3.05) is 19.1 Å². The van der Waals surface area contributed by atoms with Crippen LogP contribution in [0.5, 0.6) is 0 Å². The number of carbonyl (C=O) groups is 2. The number of allylic oxidation sites excluding steroid dienone is 1. The van der Waals surface area contributed by atoms with Gasteiger partial charge in [0.25, 0.3) is 0 Å². The smallest absolute Gasteiger partial charge is 0.355 e. The van der Waals surface area contributed by atoms with Crippen LogP contribution < -0.4 is 10.6 Å². The second-order valence-electron chi connectivity index (χ2n) is 7.25. The minimum Gasteiger partial charge on any atom is -0.466 e. The Hall–Kier alpha value is -5.07. The Kier molecular flexibility index (Phi) is 6.66. The molecule has 0 saturated heterocycles. The molecule has 1 aliphatic heterocycles. The van der Waals surface area contributed by atoms with E-state index in [-0.39, 0.29) is 39.5 Å². The van der Waals surface area contributed by atoms with Crippen LogP contribution in [0.25, 0.3) is 0 Å². The maximum absolute atomic E-state index is 13.1. The van der Waals surface area contributed by atoms with Gasteiger partial charge in [-0.2, -0.15) is 15.8 Å². The number of benzene rings is 2. The van der Waals surface area contributed by atoms with Crippen molar-refractivity contribution >= 4 is 17.6 Å². The topological polar surface area (TPSA) is 153 Å². The third-order valence-electron chi connectivity index (χ3n) is 5.38. The van der Waals surface area contributed by atoms with Crippen molar-refractivity contribution < 1.29 is 19.1 Å². The highest BCUT2D eigenvalue weighted by molar-refractivity contribution is 6.06. The molecule has 0 fully saturated rings. The minimum atomic E-state index is -1.02. The summed E-state index contributed by atoms with van der Waals surface area (Å²) < 4.78 is 9.97. The highest BCUT2D eigenvalue weighted by Crippen LogP contribution is 2.44. The van der Waals surface area contributed by atoms with Crippen molar-refractivity contribution in [2.24, 2.45) is 5.73 Å². The summed E-state index contributed by atoms with van der Waals surface area (Å²) in [7, 11) is 2.29. The van der Waals surface area contributed by atoms with Crippen molar-refractivity contribution in [3.05, 3.63) is 87.4 Å². The molecule has 0 spiro atoms. The van der Waals surface area contributed by atoms with Crippen LogP contribution in [-0.2, 0) is 19.1 Å². The maximum atomic E-state index is 13.1. The average Bonchev–Trinajstić information content (AvgIpc) is 2.87. The molecule has 0 radical (unpaired) electrons. The number of aryl methyl sites for hydroxylation is 1. The van der Waals surface area contributed by atoms with E-state index in [0.29, 0.717) is 11.1 Å². The molecule has 34 heavy (non-hydrogen) atoms. The summed E-state index contributed by atoms with van der Waals surface area (Å²) in [4.78, 5) is 27.3. The Bertz CT molecular complexity index is 1370. The number of esters is 2. The van der Waals surface area contributed by atoms with Crippen LogP contribution in [0.15, 0.2) is 65.1 Å². The Morgan fingerprint density at radius 3 is 2.15 bits per heavy atom. The predicted molar refractivity (Wildman–Crippen MR) is 120 cm³/mol. The molecule has 1 aliphatic rings. The fourth-order valence-electron chi connectivity index (χ4n) is 3.97. The molecule has 2 aromatic rings. The van der Waals surface area contributed by atoms with E-state index in [1.54, 1.807) is 37.3 Å². The summed E-state index contributed by atoms with van der Waals surface area (Å²) in [6, 6.07) is 17.4. The first-order valence-electron chi connectivity index (χ1n) is 9.94. The maximum Gasteiger partial charge on any atom is 0.355 e. The van der Waals surface area contributed by atoms with Crippen LogP contribution in [0, 0.1) is 40.9 Å². The minimum absolute atomic E-state index is 0.0144. The molecule has 0 aliphatic carbocycles. The van der Waals surface area contributed by atoms with Gasteiger partial charge < -0.3 is 15.2 Å². The lowest BCUT2D eigenvalue weighted by molar-refractivity contribution is -0.139. The van der Waals surface area contributed by atoms with Crippen LogP contribution in [0.3, 0.4) is 0 Å². The summed E-state index contributed by atoms with van der Waals surface area (Å²) in [6.45, 7) is 1.62. The van der Waals surface area contributed by atoms with Gasteiger partial charge in [0.1, 0.15) is 17.6 Å². The van der Waals surface area contributed by atoms with Gasteiger partial charge in [-0.05, 0) is 30.2 Å². The number of methoxy groups -OCH3 is 2. The zero-order chi connectivity index (χ0) is 25.0. The molecule has 0 saturated carbocycles. The zero-order valence-electron chi connectivity index (χ0n) is 18.6. The molecule has 3 rings (SSSR count). The molecular formula is C25H19N5O4. The molecule has 1 unspecified atom stereocenters. The van der Waals surface area contributed by atoms with Gasteiger partial charge in [-0.25, -0.2) is 9.59 Å². The summed E-state index contributed by atoms with van der Waals surface area (Å²) in [5.41, 5.74) is 7.30. The number of nitrogens with two attached hydrogens (primary N) is 1.